The topological polar surface area (TPSA) is 112 Å². The fourth-order valence-electron chi connectivity index (χ4n) is 7.34. The number of hydrogen-bond acceptors (Lipinski definition) is 6. The number of nitrogens with zero attached hydrogens (tertiary/aromatic N) is 2. The molecular formula is C39H42N4O4S. The van der Waals surface area contributed by atoms with Gasteiger partial charge in [0.1, 0.15) is 5.00 Å². The molecule has 7 rings (SSSR count). The van der Waals surface area contributed by atoms with Gasteiger partial charge in [-0.05, 0) is 129 Å². The molecule has 0 saturated heterocycles. The number of carboxylic acids is 1. The molecule has 3 aliphatic rings. The smallest absolute Gasteiger partial charge is 0.306 e. The minimum atomic E-state index is -0.677. The summed E-state index contributed by atoms with van der Waals surface area (Å²) in [7, 11) is 0. The third-order valence-electron chi connectivity index (χ3n) is 10.1. The molecule has 248 valence electrons. The molecule has 3 aliphatic carbocycles. The van der Waals surface area contributed by atoms with E-state index in [1.165, 1.54) is 34.6 Å². The van der Waals surface area contributed by atoms with E-state index < -0.39 is 5.97 Å². The molecule has 0 atom stereocenters. The summed E-state index contributed by atoms with van der Waals surface area (Å²) in [6.07, 6.45) is 13.8. The van der Waals surface area contributed by atoms with Gasteiger partial charge in [0.2, 0.25) is 0 Å². The lowest BCUT2D eigenvalue weighted by atomic mass is 9.85. The highest BCUT2D eigenvalue weighted by atomic mass is 32.1. The van der Waals surface area contributed by atoms with Gasteiger partial charge in [-0.15, -0.1) is 11.3 Å². The second kappa shape index (κ2) is 14.4. The number of hydrogen-bond donors (Lipinski definition) is 3. The van der Waals surface area contributed by atoms with Gasteiger partial charge in [-0.25, -0.2) is 0 Å². The number of amides is 2. The lowest BCUT2D eigenvalue weighted by molar-refractivity contribution is -0.143. The zero-order valence-electron chi connectivity index (χ0n) is 27.1. The summed E-state index contributed by atoms with van der Waals surface area (Å²) in [6, 6.07) is 20.6. The molecule has 2 amide bonds. The molecule has 2 aromatic heterocycles. The number of aliphatic carboxylic acids is 1. The Bertz CT molecular complexity index is 1780. The van der Waals surface area contributed by atoms with Crippen LogP contribution < -0.4 is 10.6 Å². The number of carbonyl (C=O) groups excluding carboxylic acids is 2. The molecule has 3 N–H and O–H groups in total. The van der Waals surface area contributed by atoms with Crippen LogP contribution in [0, 0.1) is 5.92 Å². The average Bonchev–Trinajstić information content (AvgIpc) is 3.89. The minimum absolute atomic E-state index is 0.196. The van der Waals surface area contributed by atoms with E-state index in [4.69, 9.17) is 0 Å². The number of thiophene rings is 1. The molecule has 2 saturated carbocycles. The van der Waals surface area contributed by atoms with E-state index in [2.05, 4.69) is 26.6 Å². The van der Waals surface area contributed by atoms with Gasteiger partial charge in [-0.1, -0.05) is 24.3 Å². The molecule has 9 heteroatoms. The van der Waals surface area contributed by atoms with Gasteiger partial charge < -0.3 is 15.7 Å². The lowest BCUT2D eigenvalue weighted by Gasteiger charge is -2.36. The highest BCUT2D eigenvalue weighted by Crippen LogP contribution is 2.39. The van der Waals surface area contributed by atoms with Gasteiger partial charge in [-0.3, -0.25) is 24.3 Å². The lowest BCUT2D eigenvalue weighted by Crippen LogP contribution is -2.40. The maximum atomic E-state index is 13.8. The van der Waals surface area contributed by atoms with Gasteiger partial charge in [0.05, 0.1) is 11.5 Å². The first-order chi connectivity index (χ1) is 23.4. The Morgan fingerprint density at radius 2 is 1.48 bits per heavy atom. The number of pyridine rings is 1. The molecule has 0 unspecified atom stereocenters. The van der Waals surface area contributed by atoms with Crippen molar-refractivity contribution >= 4 is 39.8 Å². The van der Waals surface area contributed by atoms with E-state index >= 15 is 0 Å². The van der Waals surface area contributed by atoms with Crippen molar-refractivity contribution in [3.8, 4) is 0 Å². The molecule has 0 spiro atoms. The number of benzene rings is 2. The summed E-state index contributed by atoms with van der Waals surface area (Å²) < 4.78 is 0. The van der Waals surface area contributed by atoms with Crippen LogP contribution in [0.2, 0.25) is 0 Å². The Morgan fingerprint density at radius 1 is 0.792 bits per heavy atom. The second-order valence-electron chi connectivity index (χ2n) is 13.5. The van der Waals surface area contributed by atoms with E-state index in [0.29, 0.717) is 28.2 Å². The normalized spacial score (nSPS) is 19.0. The van der Waals surface area contributed by atoms with Crippen LogP contribution in [0.3, 0.4) is 0 Å². The van der Waals surface area contributed by atoms with Crippen LogP contribution in [0.15, 0.2) is 73.1 Å². The minimum Gasteiger partial charge on any atom is -0.481 e. The van der Waals surface area contributed by atoms with Crippen LogP contribution in [-0.2, 0) is 30.6 Å². The van der Waals surface area contributed by atoms with E-state index in [1.807, 2.05) is 54.6 Å². The number of carbonyl (C=O) groups is 3. The predicted octanol–water partition coefficient (Wildman–Crippen LogP) is 7.73. The molecule has 4 aromatic rings. The highest BCUT2D eigenvalue weighted by molar-refractivity contribution is 7.17. The van der Waals surface area contributed by atoms with Crippen LogP contribution >= 0.6 is 11.3 Å². The van der Waals surface area contributed by atoms with Crippen molar-refractivity contribution in [1.82, 2.24) is 9.88 Å². The summed E-state index contributed by atoms with van der Waals surface area (Å²) in [6.45, 7) is 0.747. The zero-order valence-corrected chi connectivity index (χ0v) is 27.9. The van der Waals surface area contributed by atoms with Crippen LogP contribution in [0.1, 0.15) is 99.2 Å². The number of anilines is 2. The molecule has 2 fully saturated rings. The van der Waals surface area contributed by atoms with E-state index in [-0.39, 0.29) is 17.7 Å². The number of nitrogens with one attached hydrogen (secondary N) is 2. The first-order valence-electron chi connectivity index (χ1n) is 17.2. The summed E-state index contributed by atoms with van der Waals surface area (Å²) in [5.74, 6) is -1.32. The second-order valence-corrected chi connectivity index (χ2v) is 14.6. The van der Waals surface area contributed by atoms with Crippen molar-refractivity contribution in [2.45, 2.75) is 89.3 Å². The summed E-state index contributed by atoms with van der Waals surface area (Å²) in [5, 5.41) is 16.3. The Morgan fingerprint density at radius 3 is 2.19 bits per heavy atom. The Kier molecular flexibility index (Phi) is 9.68. The number of aromatic nitrogens is 1. The highest BCUT2D eigenvalue weighted by Gasteiger charge is 2.37. The molecule has 0 bridgehead atoms. The monoisotopic (exact) mass is 662 g/mol. The molecule has 2 aromatic carbocycles. The SMILES string of the molecule is O=C(Nc1sc2c(c1C(=O)Nc1ccc(Cc3ccncc3)cc1)CCCC2)c1cccc(CN(C2CCC(C(=O)O)CC2)C2CC2)c1. The standard InChI is InChI=1S/C39H42N4O4S/c44-36(29-5-3-4-27(23-29)24-43(32-16-17-32)31-14-10-28(11-15-31)39(46)47)42-38-35(33-6-1-2-7-34(33)48-38)37(45)41-30-12-8-25(9-13-30)22-26-18-20-40-21-19-26/h3-5,8-9,12-13,18-21,23,28,31-32H,1-2,6-7,10-11,14-17,22,24H2,(H,41,45)(H,42,44)(H,46,47). The van der Waals surface area contributed by atoms with Gasteiger partial charge in [0.15, 0.2) is 0 Å². The van der Waals surface area contributed by atoms with Crippen molar-refractivity contribution in [1.29, 1.82) is 0 Å². The Labute approximate surface area is 285 Å². The third-order valence-corrected chi connectivity index (χ3v) is 11.3. The van der Waals surface area contributed by atoms with Gasteiger partial charge in [-0.2, -0.15) is 0 Å². The number of fused-ring (bicyclic) bond motifs is 1. The van der Waals surface area contributed by atoms with Crippen molar-refractivity contribution in [2.75, 3.05) is 10.6 Å². The summed E-state index contributed by atoms with van der Waals surface area (Å²) in [5.41, 5.74) is 6.32. The van der Waals surface area contributed by atoms with Gasteiger partial charge >= 0.3 is 5.97 Å². The van der Waals surface area contributed by atoms with Crippen molar-refractivity contribution in [3.05, 3.63) is 111 Å². The maximum absolute atomic E-state index is 13.8. The summed E-state index contributed by atoms with van der Waals surface area (Å²) >= 11 is 1.53. The van der Waals surface area contributed by atoms with Gasteiger partial charge in [0, 0.05) is 47.2 Å². The largest absolute Gasteiger partial charge is 0.481 e. The first-order valence-corrected chi connectivity index (χ1v) is 18.1. The van der Waals surface area contributed by atoms with E-state index in [0.717, 1.165) is 86.7 Å². The van der Waals surface area contributed by atoms with Crippen molar-refractivity contribution in [3.63, 3.8) is 0 Å². The molecule has 2 heterocycles. The Hall–Kier alpha value is -4.34. The third kappa shape index (κ3) is 7.53. The predicted molar refractivity (Wildman–Crippen MR) is 189 cm³/mol. The first kappa shape index (κ1) is 32.2. The quantitative estimate of drug-likeness (QED) is 0.152. The Balaban J connectivity index is 1.04. The number of carboxylic acid groups (broad SMARTS) is 1. The average molecular weight is 663 g/mol. The molecule has 8 nitrogen and oxygen atoms in total. The van der Waals surface area contributed by atoms with E-state index in [9.17, 15) is 19.5 Å². The number of rotatable bonds is 11. The zero-order chi connectivity index (χ0) is 33.0. The fraction of sp³-hybridized carbons (Fsp3) is 0.385. The van der Waals surface area contributed by atoms with Crippen molar-refractivity contribution < 1.29 is 19.5 Å². The maximum Gasteiger partial charge on any atom is 0.306 e. The van der Waals surface area contributed by atoms with Crippen LogP contribution in [0.25, 0.3) is 0 Å². The number of aryl methyl sites for hydroxylation is 1. The van der Waals surface area contributed by atoms with Gasteiger partial charge in [0.25, 0.3) is 11.8 Å². The fourth-order valence-corrected chi connectivity index (χ4v) is 8.63. The molecular weight excluding hydrogens is 621 g/mol. The molecule has 0 aliphatic heterocycles. The molecule has 0 radical (unpaired) electrons. The van der Waals surface area contributed by atoms with Crippen LogP contribution in [0.4, 0.5) is 10.7 Å². The van der Waals surface area contributed by atoms with Crippen molar-refractivity contribution in [2.24, 2.45) is 5.92 Å². The summed E-state index contributed by atoms with van der Waals surface area (Å²) in [4.78, 5) is 46.8. The van der Waals surface area contributed by atoms with E-state index in [1.54, 1.807) is 12.4 Å². The van der Waals surface area contributed by atoms with Crippen LogP contribution in [0.5, 0.6) is 0 Å². The van der Waals surface area contributed by atoms with Crippen LogP contribution in [-0.4, -0.2) is 44.9 Å². The molecule has 48 heavy (non-hydrogen) atoms.